The number of fused-ring (bicyclic) bond motifs is 1. The first kappa shape index (κ1) is 20.0. The molecule has 1 amide bonds. The smallest absolute Gasteiger partial charge is 0.363 e. The van der Waals surface area contributed by atoms with E-state index in [9.17, 15) is 18.0 Å². The molecule has 3 atom stereocenters. The minimum Gasteiger partial charge on any atom is -0.363 e. The summed E-state index contributed by atoms with van der Waals surface area (Å²) < 4.78 is 42.2. The molecule has 2 N–H and O–H groups in total. The van der Waals surface area contributed by atoms with Crippen molar-refractivity contribution in [3.05, 3.63) is 83.6 Å². The molecule has 0 saturated carbocycles. The molecule has 8 heteroatoms. The van der Waals surface area contributed by atoms with Gasteiger partial charge in [0.05, 0.1) is 12.1 Å². The van der Waals surface area contributed by atoms with Gasteiger partial charge >= 0.3 is 6.18 Å². The number of anilines is 1. The summed E-state index contributed by atoms with van der Waals surface area (Å²) in [7, 11) is 0. The molecule has 0 aliphatic carbocycles. The molecule has 0 spiro atoms. The standard InChI is InChI=1S/C22H21F3N4O/c1-14(15-8-4-2-5-9-15)26-21(30)18-13-20-27-17(16-10-6-3-7-11-16)12-19(22(23,24)25)29(20)28-18/h2-11,13-14,17,19,27H,12H2,1H3,(H,26,30)/t14-,17-,19+/m0/s1. The zero-order valence-corrected chi connectivity index (χ0v) is 16.2. The fraction of sp³-hybridized carbons (Fsp3) is 0.273. The average Bonchev–Trinajstić information content (AvgIpc) is 3.18. The highest BCUT2D eigenvalue weighted by atomic mass is 19.4. The Labute approximate surface area is 171 Å². The van der Waals surface area contributed by atoms with Crippen LogP contribution in [0.15, 0.2) is 66.7 Å². The number of nitrogens with one attached hydrogen (secondary N) is 2. The van der Waals surface area contributed by atoms with Crippen molar-refractivity contribution in [3.8, 4) is 0 Å². The summed E-state index contributed by atoms with van der Waals surface area (Å²) in [6, 6.07) is 17.0. The molecule has 0 bridgehead atoms. The van der Waals surface area contributed by atoms with E-state index in [2.05, 4.69) is 15.7 Å². The molecule has 0 fully saturated rings. The molecule has 1 aliphatic heterocycles. The van der Waals surface area contributed by atoms with E-state index in [4.69, 9.17) is 0 Å². The van der Waals surface area contributed by atoms with Crippen LogP contribution in [-0.4, -0.2) is 21.9 Å². The number of amides is 1. The Morgan fingerprint density at radius 1 is 1.13 bits per heavy atom. The highest BCUT2D eigenvalue weighted by Gasteiger charge is 2.46. The molecular formula is C22H21F3N4O. The van der Waals surface area contributed by atoms with E-state index < -0.39 is 24.2 Å². The van der Waals surface area contributed by atoms with E-state index in [0.29, 0.717) is 0 Å². The lowest BCUT2D eigenvalue weighted by molar-refractivity contribution is -0.173. The summed E-state index contributed by atoms with van der Waals surface area (Å²) >= 11 is 0. The van der Waals surface area contributed by atoms with Gasteiger partial charge in [0, 0.05) is 12.5 Å². The molecular weight excluding hydrogens is 393 g/mol. The Morgan fingerprint density at radius 2 is 1.77 bits per heavy atom. The number of aromatic nitrogens is 2. The number of rotatable bonds is 4. The lowest BCUT2D eigenvalue weighted by Gasteiger charge is -2.33. The van der Waals surface area contributed by atoms with Gasteiger partial charge in [-0.15, -0.1) is 0 Å². The normalized spacial score (nSPS) is 19.5. The Hall–Kier alpha value is -3.29. The fourth-order valence-electron chi connectivity index (χ4n) is 3.68. The van der Waals surface area contributed by atoms with E-state index in [1.807, 2.05) is 43.3 Å². The summed E-state index contributed by atoms with van der Waals surface area (Å²) in [4.78, 5) is 12.7. The number of carbonyl (C=O) groups is 1. The van der Waals surface area contributed by atoms with E-state index in [1.165, 1.54) is 6.07 Å². The molecule has 0 radical (unpaired) electrons. The molecule has 0 unspecified atom stereocenters. The maximum absolute atomic E-state index is 13.8. The van der Waals surface area contributed by atoms with Crippen LogP contribution in [0.4, 0.5) is 19.0 Å². The van der Waals surface area contributed by atoms with E-state index in [1.54, 1.807) is 24.3 Å². The Bertz CT molecular complexity index is 1020. The molecule has 30 heavy (non-hydrogen) atoms. The van der Waals surface area contributed by atoms with Crippen LogP contribution in [0.1, 0.15) is 53.1 Å². The third-order valence-electron chi connectivity index (χ3n) is 5.27. The Kier molecular flexibility index (Phi) is 5.24. The maximum atomic E-state index is 13.8. The van der Waals surface area contributed by atoms with Crippen molar-refractivity contribution in [3.63, 3.8) is 0 Å². The second kappa shape index (κ2) is 7.85. The first-order chi connectivity index (χ1) is 14.3. The highest BCUT2D eigenvalue weighted by Crippen LogP contribution is 2.43. The van der Waals surface area contributed by atoms with Gasteiger partial charge in [0.1, 0.15) is 5.82 Å². The van der Waals surface area contributed by atoms with Gasteiger partial charge in [0.2, 0.25) is 0 Å². The zero-order valence-electron chi connectivity index (χ0n) is 16.2. The predicted octanol–water partition coefficient (Wildman–Crippen LogP) is 5.03. The fourth-order valence-corrected chi connectivity index (χ4v) is 3.68. The SMILES string of the molecule is C[C@H](NC(=O)c1cc2n(n1)[C@@H](C(F)(F)F)C[C@@H](c1ccccc1)N2)c1ccccc1. The van der Waals surface area contributed by atoms with Gasteiger partial charge < -0.3 is 10.6 Å². The van der Waals surface area contributed by atoms with Gasteiger partial charge in [-0.25, -0.2) is 4.68 Å². The monoisotopic (exact) mass is 414 g/mol. The molecule has 0 saturated heterocycles. The summed E-state index contributed by atoms with van der Waals surface area (Å²) in [5.41, 5.74) is 1.59. The summed E-state index contributed by atoms with van der Waals surface area (Å²) in [6.45, 7) is 1.81. The van der Waals surface area contributed by atoms with Gasteiger partial charge in [-0.1, -0.05) is 60.7 Å². The lowest BCUT2D eigenvalue weighted by atomic mass is 9.97. The van der Waals surface area contributed by atoms with Crippen molar-refractivity contribution in [1.82, 2.24) is 15.1 Å². The number of carbonyl (C=O) groups excluding carboxylic acids is 1. The molecule has 4 rings (SSSR count). The minimum absolute atomic E-state index is 0.0526. The van der Waals surface area contributed by atoms with E-state index in [0.717, 1.165) is 15.8 Å². The van der Waals surface area contributed by atoms with Crippen LogP contribution < -0.4 is 10.6 Å². The highest BCUT2D eigenvalue weighted by molar-refractivity contribution is 5.93. The summed E-state index contributed by atoms with van der Waals surface area (Å²) in [5, 5.41) is 9.89. The minimum atomic E-state index is -4.49. The first-order valence-electron chi connectivity index (χ1n) is 9.66. The van der Waals surface area contributed by atoms with E-state index in [-0.39, 0.29) is 24.0 Å². The predicted molar refractivity (Wildman–Crippen MR) is 107 cm³/mol. The quantitative estimate of drug-likeness (QED) is 0.629. The topological polar surface area (TPSA) is 59.0 Å². The van der Waals surface area contributed by atoms with Crippen LogP contribution in [0.3, 0.4) is 0 Å². The van der Waals surface area contributed by atoms with Crippen molar-refractivity contribution in [2.24, 2.45) is 0 Å². The number of halogens is 3. The van der Waals surface area contributed by atoms with Crippen LogP contribution in [-0.2, 0) is 0 Å². The first-order valence-corrected chi connectivity index (χ1v) is 9.66. The van der Waals surface area contributed by atoms with Crippen LogP contribution >= 0.6 is 0 Å². The van der Waals surface area contributed by atoms with Crippen molar-refractivity contribution in [2.45, 2.75) is 37.6 Å². The van der Waals surface area contributed by atoms with Gasteiger partial charge in [-0.2, -0.15) is 18.3 Å². The molecule has 156 valence electrons. The van der Waals surface area contributed by atoms with Crippen molar-refractivity contribution >= 4 is 11.7 Å². The number of nitrogens with zero attached hydrogens (tertiary/aromatic N) is 2. The summed E-state index contributed by atoms with van der Waals surface area (Å²) in [6.07, 6.45) is -4.69. The summed E-state index contributed by atoms with van der Waals surface area (Å²) in [5.74, 6) is -0.345. The zero-order chi connectivity index (χ0) is 21.3. The van der Waals surface area contributed by atoms with Gasteiger partial charge in [-0.05, 0) is 18.1 Å². The van der Waals surface area contributed by atoms with Crippen LogP contribution in [0.2, 0.25) is 0 Å². The number of hydrogen-bond acceptors (Lipinski definition) is 3. The molecule has 1 aliphatic rings. The van der Waals surface area contributed by atoms with Gasteiger partial charge in [-0.3, -0.25) is 4.79 Å². The third kappa shape index (κ3) is 4.03. The third-order valence-corrected chi connectivity index (χ3v) is 5.27. The van der Waals surface area contributed by atoms with Crippen molar-refractivity contribution in [1.29, 1.82) is 0 Å². The van der Waals surface area contributed by atoms with Crippen LogP contribution in [0.25, 0.3) is 0 Å². The Morgan fingerprint density at radius 3 is 2.40 bits per heavy atom. The van der Waals surface area contributed by atoms with Gasteiger partial charge in [0.15, 0.2) is 11.7 Å². The molecule has 3 aromatic rings. The van der Waals surface area contributed by atoms with Crippen molar-refractivity contribution < 1.29 is 18.0 Å². The van der Waals surface area contributed by atoms with Crippen molar-refractivity contribution in [2.75, 3.05) is 5.32 Å². The number of benzene rings is 2. The van der Waals surface area contributed by atoms with Gasteiger partial charge in [0.25, 0.3) is 5.91 Å². The number of alkyl halides is 3. The molecule has 2 aromatic carbocycles. The number of hydrogen-bond donors (Lipinski definition) is 2. The maximum Gasteiger partial charge on any atom is 0.410 e. The van der Waals surface area contributed by atoms with Crippen LogP contribution in [0, 0.1) is 0 Å². The second-order valence-corrected chi connectivity index (χ2v) is 7.37. The Balaban J connectivity index is 1.60. The molecule has 1 aromatic heterocycles. The van der Waals surface area contributed by atoms with Crippen LogP contribution in [0.5, 0.6) is 0 Å². The average molecular weight is 414 g/mol. The largest absolute Gasteiger partial charge is 0.410 e. The second-order valence-electron chi connectivity index (χ2n) is 7.37. The lowest BCUT2D eigenvalue weighted by Crippen LogP contribution is -2.35. The molecule has 2 heterocycles. The molecule has 5 nitrogen and oxygen atoms in total. The van der Waals surface area contributed by atoms with E-state index >= 15 is 0 Å².